The Kier molecular flexibility index (Phi) is 4.57. The number of hydrogen-bond donors (Lipinski definition) is 1. The fraction of sp³-hybridized carbons (Fsp3) is 0.111. The standard InChI is InChI=1S/C18H15BrN2O2/c1-12-9-14(20-21-18(12)22)10-13-7-8-16(19)17(11-13)23-15-5-3-2-4-6-15/h2-9,11H,10H2,1H3,(H,21,22). The van der Waals surface area contributed by atoms with E-state index < -0.39 is 0 Å². The molecule has 116 valence electrons. The molecule has 0 fully saturated rings. The van der Waals surface area contributed by atoms with Crippen LogP contribution in [0.4, 0.5) is 0 Å². The molecule has 1 N–H and O–H groups in total. The lowest BCUT2D eigenvalue weighted by atomic mass is 10.1. The van der Waals surface area contributed by atoms with Gasteiger partial charge in [0.05, 0.1) is 10.2 Å². The van der Waals surface area contributed by atoms with Crippen molar-refractivity contribution in [3.05, 3.63) is 86.2 Å². The molecule has 0 aliphatic rings. The van der Waals surface area contributed by atoms with Crippen LogP contribution in [0.5, 0.6) is 11.5 Å². The average Bonchev–Trinajstić information content (AvgIpc) is 2.55. The zero-order valence-corrected chi connectivity index (χ0v) is 14.1. The maximum atomic E-state index is 11.4. The van der Waals surface area contributed by atoms with Gasteiger partial charge in [-0.3, -0.25) is 4.79 Å². The fourth-order valence-electron chi connectivity index (χ4n) is 2.21. The summed E-state index contributed by atoms with van der Waals surface area (Å²) in [5.74, 6) is 1.53. The molecule has 0 aliphatic carbocycles. The Morgan fingerprint density at radius 3 is 2.65 bits per heavy atom. The van der Waals surface area contributed by atoms with Crippen LogP contribution in [-0.4, -0.2) is 10.2 Å². The molecule has 0 bridgehead atoms. The maximum Gasteiger partial charge on any atom is 0.267 e. The monoisotopic (exact) mass is 370 g/mol. The van der Waals surface area contributed by atoms with Gasteiger partial charge in [0.2, 0.25) is 0 Å². The van der Waals surface area contributed by atoms with Crippen LogP contribution in [0.2, 0.25) is 0 Å². The highest BCUT2D eigenvalue weighted by Crippen LogP contribution is 2.31. The Hall–Kier alpha value is -2.40. The average molecular weight is 371 g/mol. The van der Waals surface area contributed by atoms with Crippen LogP contribution in [0, 0.1) is 6.92 Å². The third kappa shape index (κ3) is 3.87. The first kappa shape index (κ1) is 15.5. The van der Waals surface area contributed by atoms with Gasteiger partial charge in [-0.2, -0.15) is 5.10 Å². The van der Waals surface area contributed by atoms with Crippen molar-refractivity contribution in [2.24, 2.45) is 0 Å². The number of para-hydroxylation sites is 1. The van der Waals surface area contributed by atoms with E-state index in [9.17, 15) is 4.79 Å². The van der Waals surface area contributed by atoms with Gasteiger partial charge in [0, 0.05) is 12.0 Å². The molecule has 4 nitrogen and oxygen atoms in total. The van der Waals surface area contributed by atoms with Crippen LogP contribution in [0.1, 0.15) is 16.8 Å². The van der Waals surface area contributed by atoms with Crippen LogP contribution >= 0.6 is 15.9 Å². The molecule has 0 unspecified atom stereocenters. The van der Waals surface area contributed by atoms with E-state index in [-0.39, 0.29) is 5.56 Å². The Morgan fingerprint density at radius 1 is 1.13 bits per heavy atom. The van der Waals surface area contributed by atoms with Crippen LogP contribution in [0.25, 0.3) is 0 Å². The van der Waals surface area contributed by atoms with Gasteiger partial charge < -0.3 is 4.74 Å². The third-order valence-corrected chi connectivity index (χ3v) is 4.05. The lowest BCUT2D eigenvalue weighted by molar-refractivity contribution is 0.479. The summed E-state index contributed by atoms with van der Waals surface area (Å²) < 4.78 is 6.79. The molecule has 3 rings (SSSR count). The number of aryl methyl sites for hydroxylation is 1. The number of aromatic amines is 1. The number of nitrogens with one attached hydrogen (secondary N) is 1. The van der Waals surface area contributed by atoms with Crippen molar-refractivity contribution in [2.75, 3.05) is 0 Å². The largest absolute Gasteiger partial charge is 0.456 e. The van der Waals surface area contributed by atoms with E-state index in [1.165, 1.54) is 0 Å². The Balaban J connectivity index is 1.85. The highest BCUT2D eigenvalue weighted by molar-refractivity contribution is 9.10. The molecular formula is C18H15BrN2O2. The van der Waals surface area contributed by atoms with E-state index in [1.807, 2.05) is 48.5 Å². The summed E-state index contributed by atoms with van der Waals surface area (Å²) in [5.41, 5.74) is 2.37. The predicted octanol–water partition coefficient (Wildman–Crippen LogP) is 4.22. The molecule has 2 aromatic carbocycles. The Morgan fingerprint density at radius 2 is 1.91 bits per heavy atom. The van der Waals surface area contributed by atoms with Crippen molar-refractivity contribution < 1.29 is 4.74 Å². The summed E-state index contributed by atoms with van der Waals surface area (Å²) >= 11 is 3.51. The van der Waals surface area contributed by atoms with Crippen LogP contribution < -0.4 is 10.3 Å². The third-order valence-electron chi connectivity index (χ3n) is 3.39. The predicted molar refractivity (Wildman–Crippen MR) is 93.1 cm³/mol. The molecule has 0 saturated heterocycles. The number of halogens is 1. The minimum absolute atomic E-state index is 0.155. The van der Waals surface area contributed by atoms with Crippen LogP contribution in [0.3, 0.4) is 0 Å². The molecule has 23 heavy (non-hydrogen) atoms. The van der Waals surface area contributed by atoms with E-state index in [0.29, 0.717) is 12.0 Å². The lowest BCUT2D eigenvalue weighted by Gasteiger charge is -2.10. The van der Waals surface area contributed by atoms with Gasteiger partial charge >= 0.3 is 0 Å². The minimum atomic E-state index is -0.155. The fourth-order valence-corrected chi connectivity index (χ4v) is 2.54. The number of ether oxygens (including phenoxy) is 1. The van der Waals surface area contributed by atoms with Crippen LogP contribution in [-0.2, 0) is 6.42 Å². The molecule has 1 aromatic heterocycles. The van der Waals surface area contributed by atoms with Gasteiger partial charge in [-0.1, -0.05) is 24.3 Å². The summed E-state index contributed by atoms with van der Waals surface area (Å²) in [7, 11) is 0. The molecule has 0 spiro atoms. The second-order valence-corrected chi connectivity index (χ2v) is 6.08. The SMILES string of the molecule is Cc1cc(Cc2ccc(Br)c(Oc3ccccc3)c2)n[nH]c1=O. The topological polar surface area (TPSA) is 55.0 Å². The van der Waals surface area contributed by atoms with Gasteiger partial charge in [0.15, 0.2) is 0 Å². The van der Waals surface area contributed by atoms with E-state index >= 15 is 0 Å². The molecule has 5 heteroatoms. The molecule has 0 radical (unpaired) electrons. The number of H-pyrrole nitrogens is 1. The van der Waals surface area contributed by atoms with Gasteiger partial charge in [0.1, 0.15) is 11.5 Å². The first-order chi connectivity index (χ1) is 11.1. The molecule has 0 aliphatic heterocycles. The highest BCUT2D eigenvalue weighted by atomic mass is 79.9. The zero-order valence-electron chi connectivity index (χ0n) is 12.5. The molecule has 0 saturated carbocycles. The highest BCUT2D eigenvalue weighted by Gasteiger charge is 2.07. The van der Waals surface area contributed by atoms with Crippen molar-refractivity contribution in [3.8, 4) is 11.5 Å². The number of hydrogen-bond acceptors (Lipinski definition) is 3. The van der Waals surface area contributed by atoms with Crippen molar-refractivity contribution in [1.82, 2.24) is 10.2 Å². The van der Waals surface area contributed by atoms with Gasteiger partial charge in [-0.05, 0) is 58.7 Å². The minimum Gasteiger partial charge on any atom is -0.456 e. The molecular weight excluding hydrogens is 356 g/mol. The molecule has 1 heterocycles. The van der Waals surface area contributed by atoms with Gasteiger partial charge in [0.25, 0.3) is 5.56 Å². The zero-order chi connectivity index (χ0) is 16.2. The summed E-state index contributed by atoms with van der Waals surface area (Å²) in [4.78, 5) is 11.4. The molecule has 0 atom stereocenters. The number of benzene rings is 2. The quantitative estimate of drug-likeness (QED) is 0.747. The summed E-state index contributed by atoms with van der Waals surface area (Å²) in [6, 6.07) is 17.4. The van der Waals surface area contributed by atoms with E-state index in [4.69, 9.17) is 4.74 Å². The van der Waals surface area contributed by atoms with Gasteiger partial charge in [-0.15, -0.1) is 0 Å². The van der Waals surface area contributed by atoms with E-state index in [2.05, 4.69) is 26.1 Å². The normalized spacial score (nSPS) is 10.5. The first-order valence-electron chi connectivity index (χ1n) is 7.18. The Bertz CT molecular complexity index is 876. The number of rotatable bonds is 4. The van der Waals surface area contributed by atoms with E-state index in [1.54, 1.807) is 13.0 Å². The smallest absolute Gasteiger partial charge is 0.267 e. The van der Waals surface area contributed by atoms with Crippen molar-refractivity contribution in [1.29, 1.82) is 0 Å². The summed E-state index contributed by atoms with van der Waals surface area (Å²) in [6.45, 7) is 1.77. The lowest BCUT2D eigenvalue weighted by Crippen LogP contribution is -2.12. The Labute approximate surface area is 142 Å². The molecule has 3 aromatic rings. The van der Waals surface area contributed by atoms with Crippen molar-refractivity contribution in [3.63, 3.8) is 0 Å². The van der Waals surface area contributed by atoms with Crippen molar-refractivity contribution in [2.45, 2.75) is 13.3 Å². The number of aromatic nitrogens is 2. The summed E-state index contributed by atoms with van der Waals surface area (Å²) in [5, 5.41) is 6.59. The number of nitrogens with zero attached hydrogens (tertiary/aromatic N) is 1. The second-order valence-electron chi connectivity index (χ2n) is 5.23. The van der Waals surface area contributed by atoms with Gasteiger partial charge in [-0.25, -0.2) is 5.10 Å². The van der Waals surface area contributed by atoms with E-state index in [0.717, 1.165) is 27.2 Å². The molecule has 0 amide bonds. The van der Waals surface area contributed by atoms with Crippen LogP contribution in [0.15, 0.2) is 63.9 Å². The summed E-state index contributed by atoms with van der Waals surface area (Å²) in [6.07, 6.45) is 0.621. The maximum absolute atomic E-state index is 11.4. The van der Waals surface area contributed by atoms with Crippen molar-refractivity contribution >= 4 is 15.9 Å². The first-order valence-corrected chi connectivity index (χ1v) is 7.97. The second kappa shape index (κ2) is 6.79.